The highest BCUT2D eigenvalue weighted by atomic mass is 32.1. The summed E-state index contributed by atoms with van der Waals surface area (Å²) in [5, 5.41) is 14.9. The second-order valence-corrected chi connectivity index (χ2v) is 7.86. The molecule has 30 heavy (non-hydrogen) atoms. The molecule has 8 nitrogen and oxygen atoms in total. The normalized spacial score (nSPS) is 14.6. The van der Waals surface area contributed by atoms with Crippen molar-refractivity contribution < 1.29 is 14.0 Å². The number of aromatic nitrogens is 2. The Labute approximate surface area is 178 Å². The molecule has 0 radical (unpaired) electrons. The average Bonchev–Trinajstić information content (AvgIpc) is 3.45. The van der Waals surface area contributed by atoms with E-state index >= 15 is 0 Å². The Kier molecular flexibility index (Phi) is 6.50. The molecule has 0 saturated carbocycles. The minimum atomic E-state index is -0.0428. The van der Waals surface area contributed by atoms with Gasteiger partial charge in [-0.1, -0.05) is 18.2 Å². The molecule has 1 saturated heterocycles. The number of hydrogen-bond donors (Lipinski definition) is 1. The number of anilines is 1. The summed E-state index contributed by atoms with van der Waals surface area (Å²) in [5.74, 6) is 0.985. The van der Waals surface area contributed by atoms with Crippen LogP contribution < -0.4 is 5.32 Å². The molecule has 1 aliphatic rings. The van der Waals surface area contributed by atoms with E-state index in [0.29, 0.717) is 57.3 Å². The summed E-state index contributed by atoms with van der Waals surface area (Å²) in [6.07, 6.45) is 0.759. The molecule has 1 N–H and O–H groups in total. The standard InChI is InChI=1S/C21H23N5O3S/c27-18(22-17-4-2-1-3-5-17)14-25-9-11-26(12-10-25)20(28)7-6-19-23-24-21(29-19)16-8-13-30-15-16/h1-5,8,13,15H,6-7,9-12,14H2,(H,22,27). The van der Waals surface area contributed by atoms with Crippen molar-refractivity contribution in [3.8, 4) is 11.5 Å². The number of piperazine rings is 1. The van der Waals surface area contributed by atoms with Gasteiger partial charge in [0.05, 0.1) is 6.54 Å². The molecule has 0 atom stereocenters. The lowest BCUT2D eigenvalue weighted by molar-refractivity contribution is -0.133. The quantitative estimate of drug-likeness (QED) is 0.625. The smallest absolute Gasteiger partial charge is 0.248 e. The highest BCUT2D eigenvalue weighted by molar-refractivity contribution is 7.08. The van der Waals surface area contributed by atoms with E-state index in [-0.39, 0.29) is 11.8 Å². The molecule has 2 amide bonds. The van der Waals surface area contributed by atoms with Gasteiger partial charge >= 0.3 is 0 Å². The lowest BCUT2D eigenvalue weighted by Gasteiger charge is -2.34. The number of hydrogen-bond acceptors (Lipinski definition) is 7. The monoisotopic (exact) mass is 425 g/mol. The summed E-state index contributed by atoms with van der Waals surface area (Å²) < 4.78 is 5.64. The third-order valence-electron chi connectivity index (χ3n) is 4.94. The molecule has 4 rings (SSSR count). The lowest BCUT2D eigenvalue weighted by atomic mass is 10.2. The van der Waals surface area contributed by atoms with E-state index in [0.717, 1.165) is 11.3 Å². The summed E-state index contributed by atoms with van der Waals surface area (Å²) in [6, 6.07) is 11.3. The minimum Gasteiger partial charge on any atom is -0.421 e. The van der Waals surface area contributed by atoms with Crippen molar-refractivity contribution in [1.29, 1.82) is 0 Å². The van der Waals surface area contributed by atoms with Crippen molar-refractivity contribution in [1.82, 2.24) is 20.0 Å². The Hall–Kier alpha value is -3.04. The minimum absolute atomic E-state index is 0.0428. The third kappa shape index (κ3) is 5.31. The van der Waals surface area contributed by atoms with Crippen molar-refractivity contribution in [2.45, 2.75) is 12.8 Å². The van der Waals surface area contributed by atoms with Crippen LogP contribution >= 0.6 is 11.3 Å². The van der Waals surface area contributed by atoms with Crippen LogP contribution in [-0.4, -0.2) is 64.5 Å². The predicted octanol–water partition coefficient (Wildman–Crippen LogP) is 2.51. The van der Waals surface area contributed by atoms with Crippen molar-refractivity contribution in [2.75, 3.05) is 38.0 Å². The van der Waals surface area contributed by atoms with Crippen molar-refractivity contribution in [3.63, 3.8) is 0 Å². The first-order valence-corrected chi connectivity index (χ1v) is 10.8. The Morgan fingerprint density at radius 3 is 2.60 bits per heavy atom. The maximum absolute atomic E-state index is 12.5. The second-order valence-electron chi connectivity index (χ2n) is 7.08. The van der Waals surface area contributed by atoms with E-state index in [1.54, 1.807) is 11.3 Å². The van der Waals surface area contributed by atoms with Crippen LogP contribution in [0.3, 0.4) is 0 Å². The summed E-state index contributed by atoms with van der Waals surface area (Å²) in [7, 11) is 0. The summed E-state index contributed by atoms with van der Waals surface area (Å²) in [5.41, 5.74) is 1.69. The van der Waals surface area contributed by atoms with Crippen LogP contribution in [0.25, 0.3) is 11.5 Å². The number of nitrogens with one attached hydrogen (secondary N) is 1. The second kappa shape index (κ2) is 9.64. The largest absolute Gasteiger partial charge is 0.421 e. The number of para-hydroxylation sites is 1. The Morgan fingerprint density at radius 2 is 1.87 bits per heavy atom. The van der Waals surface area contributed by atoms with Crippen molar-refractivity contribution in [3.05, 3.63) is 53.0 Å². The van der Waals surface area contributed by atoms with Gasteiger partial charge in [0, 0.05) is 55.7 Å². The number of rotatable bonds is 7. The molecule has 3 heterocycles. The fraction of sp³-hybridized carbons (Fsp3) is 0.333. The van der Waals surface area contributed by atoms with Crippen LogP contribution in [0.5, 0.6) is 0 Å². The number of nitrogens with zero attached hydrogens (tertiary/aromatic N) is 4. The molecule has 156 valence electrons. The van der Waals surface area contributed by atoms with Gasteiger partial charge in [0.15, 0.2) is 0 Å². The zero-order chi connectivity index (χ0) is 20.8. The zero-order valence-electron chi connectivity index (χ0n) is 16.5. The van der Waals surface area contributed by atoms with Gasteiger partial charge < -0.3 is 14.6 Å². The Balaban J connectivity index is 1.18. The average molecular weight is 426 g/mol. The number of aryl methyl sites for hydroxylation is 1. The maximum Gasteiger partial charge on any atom is 0.248 e. The van der Waals surface area contributed by atoms with Crippen LogP contribution in [0, 0.1) is 0 Å². The van der Waals surface area contributed by atoms with Gasteiger partial charge in [0.2, 0.25) is 23.6 Å². The van der Waals surface area contributed by atoms with Crippen molar-refractivity contribution in [2.24, 2.45) is 0 Å². The molecule has 0 spiro atoms. The molecule has 2 aromatic heterocycles. The van der Waals surface area contributed by atoms with Crippen LogP contribution in [-0.2, 0) is 16.0 Å². The number of amides is 2. The molecule has 0 bridgehead atoms. The SMILES string of the molecule is O=C(CN1CCN(C(=O)CCc2nnc(-c3ccsc3)o2)CC1)Nc1ccccc1. The first kappa shape index (κ1) is 20.2. The van der Waals surface area contributed by atoms with E-state index in [9.17, 15) is 9.59 Å². The molecular formula is C21H23N5O3S. The Morgan fingerprint density at radius 1 is 1.07 bits per heavy atom. The van der Waals surface area contributed by atoms with E-state index < -0.39 is 0 Å². The van der Waals surface area contributed by atoms with Crippen LogP contribution in [0.1, 0.15) is 12.3 Å². The van der Waals surface area contributed by atoms with E-state index in [1.807, 2.05) is 52.1 Å². The fourth-order valence-corrected chi connectivity index (χ4v) is 3.94. The third-order valence-corrected chi connectivity index (χ3v) is 5.62. The van der Waals surface area contributed by atoms with Gasteiger partial charge in [0.25, 0.3) is 0 Å². The van der Waals surface area contributed by atoms with Gasteiger partial charge in [-0.3, -0.25) is 14.5 Å². The van der Waals surface area contributed by atoms with E-state index in [1.165, 1.54) is 0 Å². The molecule has 9 heteroatoms. The molecule has 1 aliphatic heterocycles. The van der Waals surface area contributed by atoms with Crippen LogP contribution in [0.4, 0.5) is 5.69 Å². The van der Waals surface area contributed by atoms with Gasteiger partial charge in [-0.25, -0.2) is 0 Å². The topological polar surface area (TPSA) is 91.6 Å². The van der Waals surface area contributed by atoms with Gasteiger partial charge in [-0.05, 0) is 23.6 Å². The van der Waals surface area contributed by atoms with Crippen LogP contribution in [0.2, 0.25) is 0 Å². The highest BCUT2D eigenvalue weighted by Crippen LogP contribution is 2.21. The molecule has 0 aliphatic carbocycles. The predicted molar refractivity (Wildman–Crippen MR) is 114 cm³/mol. The number of carbonyl (C=O) groups excluding carboxylic acids is 2. The number of thiophene rings is 1. The number of benzene rings is 1. The maximum atomic E-state index is 12.5. The zero-order valence-corrected chi connectivity index (χ0v) is 17.3. The Bertz CT molecular complexity index is 966. The van der Waals surface area contributed by atoms with E-state index in [4.69, 9.17) is 4.42 Å². The molecule has 1 aromatic carbocycles. The van der Waals surface area contributed by atoms with Gasteiger partial charge in [-0.15, -0.1) is 10.2 Å². The van der Waals surface area contributed by atoms with Crippen molar-refractivity contribution >= 4 is 28.8 Å². The lowest BCUT2D eigenvalue weighted by Crippen LogP contribution is -2.50. The van der Waals surface area contributed by atoms with E-state index in [2.05, 4.69) is 20.4 Å². The summed E-state index contributed by atoms with van der Waals surface area (Å²) in [6.45, 7) is 2.90. The first-order valence-electron chi connectivity index (χ1n) is 9.87. The molecular weight excluding hydrogens is 402 g/mol. The molecule has 3 aromatic rings. The number of carbonyl (C=O) groups is 2. The summed E-state index contributed by atoms with van der Waals surface area (Å²) >= 11 is 1.57. The van der Waals surface area contributed by atoms with Gasteiger partial charge in [0.1, 0.15) is 0 Å². The summed E-state index contributed by atoms with van der Waals surface area (Å²) in [4.78, 5) is 28.6. The van der Waals surface area contributed by atoms with Gasteiger partial charge in [-0.2, -0.15) is 11.3 Å². The first-order chi connectivity index (χ1) is 14.7. The molecule has 0 unspecified atom stereocenters. The molecule has 1 fully saturated rings. The van der Waals surface area contributed by atoms with Crippen LogP contribution in [0.15, 0.2) is 51.6 Å². The highest BCUT2D eigenvalue weighted by Gasteiger charge is 2.23. The fourth-order valence-electron chi connectivity index (χ4n) is 3.31.